The average molecular weight is 294 g/mol. The van der Waals surface area contributed by atoms with Gasteiger partial charge in [-0.1, -0.05) is 24.6 Å². The summed E-state index contributed by atoms with van der Waals surface area (Å²) in [5.41, 5.74) is 1.28. The lowest BCUT2D eigenvalue weighted by Gasteiger charge is -2.17. The molecule has 0 aliphatic heterocycles. The molecule has 1 aliphatic carbocycles. The third-order valence-corrected chi connectivity index (χ3v) is 5.83. The van der Waals surface area contributed by atoms with E-state index in [4.69, 9.17) is 4.98 Å². The van der Waals surface area contributed by atoms with Crippen molar-refractivity contribution in [3.8, 4) is 0 Å². The van der Waals surface area contributed by atoms with Gasteiger partial charge >= 0.3 is 0 Å². The van der Waals surface area contributed by atoms with Crippen molar-refractivity contribution in [2.24, 2.45) is 0 Å². The largest absolute Gasteiger partial charge is 0.284 e. The van der Waals surface area contributed by atoms with Crippen LogP contribution < -0.4 is 5.56 Å². The van der Waals surface area contributed by atoms with Crippen molar-refractivity contribution in [3.63, 3.8) is 0 Å². The Morgan fingerprint density at radius 3 is 2.63 bits per heavy atom. The van der Waals surface area contributed by atoms with Gasteiger partial charge in [-0.2, -0.15) is 0 Å². The fraction of sp³-hybridized carbons (Fsp3) is 0.571. The zero-order valence-corrected chi connectivity index (χ0v) is 13.2. The molecular formula is C14H18N2OS2. The van der Waals surface area contributed by atoms with Crippen LogP contribution in [0.25, 0.3) is 10.2 Å². The van der Waals surface area contributed by atoms with Crippen molar-refractivity contribution in [1.82, 2.24) is 9.55 Å². The van der Waals surface area contributed by atoms with Gasteiger partial charge in [0.2, 0.25) is 0 Å². The molecular weight excluding hydrogens is 276 g/mol. The summed E-state index contributed by atoms with van der Waals surface area (Å²) in [5, 5.41) is 1.72. The minimum Gasteiger partial charge on any atom is -0.284 e. The lowest BCUT2D eigenvalue weighted by Crippen LogP contribution is -2.26. The zero-order chi connectivity index (χ0) is 13.6. The maximum absolute atomic E-state index is 12.8. The predicted molar refractivity (Wildman–Crippen MR) is 82.6 cm³/mol. The lowest BCUT2D eigenvalue weighted by molar-refractivity contribution is 0.458. The van der Waals surface area contributed by atoms with E-state index in [0.29, 0.717) is 6.04 Å². The molecule has 0 amide bonds. The summed E-state index contributed by atoms with van der Waals surface area (Å²) in [5.74, 6) is 0. The van der Waals surface area contributed by atoms with Crippen LogP contribution in [-0.2, 0) is 0 Å². The Kier molecular flexibility index (Phi) is 3.43. The van der Waals surface area contributed by atoms with E-state index in [1.807, 2.05) is 17.7 Å². The summed E-state index contributed by atoms with van der Waals surface area (Å²) in [4.78, 5) is 19.7. The first-order chi connectivity index (χ1) is 9.13. The van der Waals surface area contributed by atoms with Gasteiger partial charge in [-0.05, 0) is 38.5 Å². The smallest absolute Gasteiger partial charge is 0.263 e. The molecule has 2 aromatic heterocycles. The third kappa shape index (κ3) is 2.03. The second kappa shape index (κ2) is 4.94. The van der Waals surface area contributed by atoms with Crippen molar-refractivity contribution in [2.75, 3.05) is 6.26 Å². The van der Waals surface area contributed by atoms with E-state index in [1.165, 1.54) is 17.7 Å². The molecule has 1 aliphatic rings. The summed E-state index contributed by atoms with van der Waals surface area (Å²) >= 11 is 3.22. The van der Waals surface area contributed by atoms with Gasteiger partial charge < -0.3 is 0 Å². The van der Waals surface area contributed by atoms with Crippen LogP contribution in [0.2, 0.25) is 0 Å². The minimum atomic E-state index is 0.170. The predicted octanol–water partition coefficient (Wildman–Crippen LogP) is 3.91. The molecule has 0 spiro atoms. The van der Waals surface area contributed by atoms with Crippen LogP contribution in [0.5, 0.6) is 0 Å². The first-order valence-electron chi connectivity index (χ1n) is 6.69. The standard InChI is InChI=1S/C14H18N2OS2/c1-8-9(2)19-12-11(8)13(17)16(14(15-12)18-3)10-6-4-5-7-10/h10H,4-7H2,1-3H3. The zero-order valence-electron chi connectivity index (χ0n) is 11.5. The van der Waals surface area contributed by atoms with Crippen LogP contribution in [-0.4, -0.2) is 15.8 Å². The molecule has 2 aromatic rings. The van der Waals surface area contributed by atoms with Crippen LogP contribution in [0, 0.1) is 13.8 Å². The summed E-state index contributed by atoms with van der Waals surface area (Å²) in [6.07, 6.45) is 6.69. The summed E-state index contributed by atoms with van der Waals surface area (Å²) in [6, 6.07) is 0.353. The Morgan fingerprint density at radius 1 is 1.32 bits per heavy atom. The molecule has 0 saturated heterocycles. The fourth-order valence-electron chi connectivity index (χ4n) is 2.92. The molecule has 19 heavy (non-hydrogen) atoms. The van der Waals surface area contributed by atoms with Crippen LogP contribution in [0.4, 0.5) is 0 Å². The molecule has 0 aromatic carbocycles. The SMILES string of the molecule is CSc1nc2sc(C)c(C)c2c(=O)n1C1CCCC1. The highest BCUT2D eigenvalue weighted by molar-refractivity contribution is 7.98. The quantitative estimate of drug-likeness (QED) is 0.622. The molecule has 3 nitrogen and oxygen atoms in total. The molecule has 3 rings (SSSR count). The molecule has 0 N–H and O–H groups in total. The molecule has 1 fully saturated rings. The van der Waals surface area contributed by atoms with Crippen molar-refractivity contribution < 1.29 is 0 Å². The molecule has 0 unspecified atom stereocenters. The fourth-order valence-corrected chi connectivity index (χ4v) is 4.60. The number of rotatable bonds is 2. The van der Waals surface area contributed by atoms with Crippen LogP contribution in [0.15, 0.2) is 9.95 Å². The number of hydrogen-bond donors (Lipinski definition) is 0. The Morgan fingerprint density at radius 2 is 2.00 bits per heavy atom. The van der Waals surface area contributed by atoms with Crippen molar-refractivity contribution in [3.05, 3.63) is 20.8 Å². The molecule has 102 valence electrons. The highest BCUT2D eigenvalue weighted by Gasteiger charge is 2.24. The molecule has 0 atom stereocenters. The second-order valence-electron chi connectivity index (χ2n) is 5.18. The number of thiophene rings is 1. The monoisotopic (exact) mass is 294 g/mol. The van der Waals surface area contributed by atoms with E-state index in [-0.39, 0.29) is 5.56 Å². The first kappa shape index (κ1) is 13.2. The van der Waals surface area contributed by atoms with Crippen molar-refractivity contribution in [1.29, 1.82) is 0 Å². The maximum Gasteiger partial charge on any atom is 0.263 e. The topological polar surface area (TPSA) is 34.9 Å². The number of thioether (sulfide) groups is 1. The van der Waals surface area contributed by atoms with Crippen molar-refractivity contribution in [2.45, 2.75) is 50.7 Å². The van der Waals surface area contributed by atoms with Crippen LogP contribution in [0.1, 0.15) is 42.2 Å². The van der Waals surface area contributed by atoms with Gasteiger partial charge in [-0.15, -0.1) is 11.3 Å². The number of fused-ring (bicyclic) bond motifs is 1. The van der Waals surface area contributed by atoms with E-state index < -0.39 is 0 Å². The number of hydrogen-bond acceptors (Lipinski definition) is 4. The first-order valence-corrected chi connectivity index (χ1v) is 8.74. The number of aromatic nitrogens is 2. The van der Waals surface area contributed by atoms with Gasteiger partial charge in [0, 0.05) is 10.9 Å². The summed E-state index contributed by atoms with van der Waals surface area (Å²) in [6.45, 7) is 4.11. The minimum absolute atomic E-state index is 0.170. The van der Waals surface area contributed by atoms with Gasteiger partial charge in [0.25, 0.3) is 5.56 Å². The van der Waals surface area contributed by atoms with Crippen LogP contribution in [0.3, 0.4) is 0 Å². The summed E-state index contributed by atoms with van der Waals surface area (Å²) < 4.78 is 1.96. The highest BCUT2D eigenvalue weighted by atomic mass is 32.2. The van der Waals surface area contributed by atoms with Crippen LogP contribution >= 0.6 is 23.1 Å². The normalized spacial score (nSPS) is 16.6. The number of nitrogens with zero attached hydrogens (tertiary/aromatic N) is 2. The Labute approximate surface area is 121 Å². The van der Waals surface area contributed by atoms with Gasteiger partial charge in [-0.3, -0.25) is 9.36 Å². The van der Waals surface area contributed by atoms with E-state index in [1.54, 1.807) is 23.1 Å². The van der Waals surface area contributed by atoms with Gasteiger partial charge in [0.1, 0.15) is 4.83 Å². The Hall–Kier alpha value is -0.810. The van der Waals surface area contributed by atoms with E-state index in [2.05, 4.69) is 6.92 Å². The van der Waals surface area contributed by atoms with E-state index in [0.717, 1.165) is 33.8 Å². The number of aryl methyl sites for hydroxylation is 2. The lowest BCUT2D eigenvalue weighted by atomic mass is 10.2. The van der Waals surface area contributed by atoms with Gasteiger partial charge in [0.05, 0.1) is 5.39 Å². The highest BCUT2D eigenvalue weighted by Crippen LogP contribution is 2.33. The van der Waals surface area contributed by atoms with E-state index >= 15 is 0 Å². The molecule has 5 heteroatoms. The molecule has 0 radical (unpaired) electrons. The average Bonchev–Trinajstić information content (AvgIpc) is 2.99. The van der Waals surface area contributed by atoms with Gasteiger partial charge in [-0.25, -0.2) is 4.98 Å². The molecule has 1 saturated carbocycles. The van der Waals surface area contributed by atoms with Gasteiger partial charge in [0.15, 0.2) is 5.16 Å². The van der Waals surface area contributed by atoms with Crippen molar-refractivity contribution >= 4 is 33.3 Å². The summed E-state index contributed by atoms with van der Waals surface area (Å²) in [7, 11) is 0. The van der Waals surface area contributed by atoms with E-state index in [9.17, 15) is 4.79 Å². The third-order valence-electron chi connectivity index (χ3n) is 4.08. The maximum atomic E-state index is 12.8. The Bertz CT molecular complexity index is 681. The molecule has 0 bridgehead atoms. The second-order valence-corrected chi connectivity index (χ2v) is 7.15. The Balaban J connectivity index is 2.32. The molecule has 2 heterocycles.